The predicted molar refractivity (Wildman–Crippen MR) is 76.4 cm³/mol. The Balaban J connectivity index is 1.99. The summed E-state index contributed by atoms with van der Waals surface area (Å²) in [5.41, 5.74) is 2.74. The monoisotopic (exact) mass is 246 g/mol. The SMILES string of the molecule is CCCC[Si](C)(C)OC1=Cc2ccccc2C1. The lowest BCUT2D eigenvalue weighted by Gasteiger charge is -2.24. The van der Waals surface area contributed by atoms with Crippen LogP contribution in [0, 0.1) is 0 Å². The largest absolute Gasteiger partial charge is 0.547 e. The summed E-state index contributed by atoms with van der Waals surface area (Å²) in [6, 6.07) is 9.83. The molecule has 1 aromatic rings. The highest BCUT2D eigenvalue weighted by Gasteiger charge is 2.26. The van der Waals surface area contributed by atoms with E-state index in [9.17, 15) is 0 Å². The van der Waals surface area contributed by atoms with Gasteiger partial charge < -0.3 is 4.43 Å². The van der Waals surface area contributed by atoms with E-state index < -0.39 is 8.32 Å². The van der Waals surface area contributed by atoms with Gasteiger partial charge in [0.15, 0.2) is 0 Å². The maximum Gasteiger partial charge on any atom is 0.244 e. The Labute approximate surface area is 106 Å². The van der Waals surface area contributed by atoms with Gasteiger partial charge in [0.05, 0.1) is 5.76 Å². The van der Waals surface area contributed by atoms with Crippen LogP contribution in [0.15, 0.2) is 30.0 Å². The highest BCUT2D eigenvalue weighted by atomic mass is 28.4. The Morgan fingerprint density at radius 1 is 1.24 bits per heavy atom. The lowest BCUT2D eigenvalue weighted by atomic mass is 10.1. The van der Waals surface area contributed by atoms with Crippen molar-refractivity contribution in [3.05, 3.63) is 41.2 Å². The molecule has 1 aromatic carbocycles. The normalized spacial score (nSPS) is 14.4. The summed E-state index contributed by atoms with van der Waals surface area (Å²) in [5, 5.41) is 0. The third kappa shape index (κ3) is 3.22. The van der Waals surface area contributed by atoms with Crippen LogP contribution >= 0.6 is 0 Å². The first-order valence-electron chi connectivity index (χ1n) is 6.58. The minimum Gasteiger partial charge on any atom is -0.547 e. The van der Waals surface area contributed by atoms with Gasteiger partial charge >= 0.3 is 0 Å². The summed E-state index contributed by atoms with van der Waals surface area (Å²) >= 11 is 0. The summed E-state index contributed by atoms with van der Waals surface area (Å²) in [7, 11) is -1.50. The van der Waals surface area contributed by atoms with Gasteiger partial charge in [-0.2, -0.15) is 0 Å². The molecular weight excluding hydrogens is 224 g/mol. The standard InChI is InChI=1S/C15H22OSi/c1-4-5-10-17(2,3)16-15-11-13-8-6-7-9-14(13)12-15/h6-9,11H,4-5,10,12H2,1-3H3. The Hall–Kier alpha value is -1.02. The summed E-state index contributed by atoms with van der Waals surface area (Å²) in [4.78, 5) is 0. The van der Waals surface area contributed by atoms with E-state index in [0.717, 1.165) is 6.42 Å². The smallest absolute Gasteiger partial charge is 0.244 e. The molecule has 92 valence electrons. The van der Waals surface area contributed by atoms with Crippen molar-refractivity contribution < 1.29 is 4.43 Å². The first-order chi connectivity index (χ1) is 8.11. The fraction of sp³-hybridized carbons (Fsp3) is 0.467. The molecule has 0 N–H and O–H groups in total. The summed E-state index contributed by atoms with van der Waals surface area (Å²) < 4.78 is 6.28. The van der Waals surface area contributed by atoms with Crippen molar-refractivity contribution in [2.24, 2.45) is 0 Å². The Kier molecular flexibility index (Phi) is 3.72. The summed E-state index contributed by atoms with van der Waals surface area (Å²) in [6.07, 6.45) is 5.76. The minimum atomic E-state index is -1.50. The van der Waals surface area contributed by atoms with Crippen LogP contribution in [0.2, 0.25) is 19.1 Å². The van der Waals surface area contributed by atoms with E-state index in [4.69, 9.17) is 4.43 Å². The van der Waals surface area contributed by atoms with E-state index in [2.05, 4.69) is 50.4 Å². The molecule has 0 spiro atoms. The quantitative estimate of drug-likeness (QED) is 0.690. The average Bonchev–Trinajstić information content (AvgIpc) is 2.67. The maximum atomic E-state index is 6.28. The fourth-order valence-corrected chi connectivity index (χ4v) is 4.47. The van der Waals surface area contributed by atoms with E-state index in [-0.39, 0.29) is 0 Å². The van der Waals surface area contributed by atoms with Crippen LogP contribution in [-0.4, -0.2) is 8.32 Å². The zero-order valence-electron chi connectivity index (χ0n) is 11.1. The summed E-state index contributed by atoms with van der Waals surface area (Å²) in [6.45, 7) is 6.90. The lowest BCUT2D eigenvalue weighted by Crippen LogP contribution is -2.29. The molecule has 1 aliphatic rings. The number of fused-ring (bicyclic) bond motifs is 1. The Bertz CT molecular complexity index is 421. The minimum absolute atomic E-state index is 0.985. The number of benzene rings is 1. The van der Waals surface area contributed by atoms with Gasteiger partial charge in [0.25, 0.3) is 0 Å². The molecule has 0 saturated carbocycles. The predicted octanol–water partition coefficient (Wildman–Crippen LogP) is 4.61. The van der Waals surface area contributed by atoms with Crippen molar-refractivity contribution in [1.29, 1.82) is 0 Å². The van der Waals surface area contributed by atoms with Gasteiger partial charge in [-0.1, -0.05) is 44.0 Å². The first-order valence-corrected chi connectivity index (χ1v) is 9.70. The van der Waals surface area contributed by atoms with Gasteiger partial charge in [0.2, 0.25) is 8.32 Å². The molecular formula is C15H22OSi. The number of unbranched alkanes of at least 4 members (excludes halogenated alkanes) is 1. The second-order valence-electron chi connectivity index (χ2n) is 5.45. The van der Waals surface area contributed by atoms with Gasteiger partial charge in [-0.15, -0.1) is 0 Å². The molecule has 0 atom stereocenters. The fourth-order valence-electron chi connectivity index (χ4n) is 2.32. The van der Waals surface area contributed by atoms with Crippen LogP contribution in [0.3, 0.4) is 0 Å². The van der Waals surface area contributed by atoms with Gasteiger partial charge in [-0.05, 0) is 36.3 Å². The van der Waals surface area contributed by atoms with E-state index in [0.29, 0.717) is 0 Å². The molecule has 17 heavy (non-hydrogen) atoms. The molecule has 0 amide bonds. The summed E-state index contributed by atoms with van der Waals surface area (Å²) in [5.74, 6) is 1.18. The van der Waals surface area contributed by atoms with Crippen molar-refractivity contribution in [2.75, 3.05) is 0 Å². The molecule has 0 aliphatic heterocycles. The average molecular weight is 246 g/mol. The van der Waals surface area contributed by atoms with Gasteiger partial charge in [-0.3, -0.25) is 0 Å². The molecule has 2 rings (SSSR count). The Morgan fingerprint density at radius 2 is 2.00 bits per heavy atom. The van der Waals surface area contributed by atoms with Crippen LogP contribution in [-0.2, 0) is 10.8 Å². The maximum absolute atomic E-state index is 6.28. The molecule has 1 nitrogen and oxygen atoms in total. The van der Waals surface area contributed by atoms with Crippen molar-refractivity contribution in [3.8, 4) is 0 Å². The van der Waals surface area contributed by atoms with Crippen molar-refractivity contribution in [1.82, 2.24) is 0 Å². The highest BCUT2D eigenvalue weighted by Crippen LogP contribution is 2.29. The molecule has 0 saturated heterocycles. The molecule has 0 unspecified atom stereocenters. The van der Waals surface area contributed by atoms with Gasteiger partial charge in [0.1, 0.15) is 0 Å². The number of rotatable bonds is 5. The zero-order valence-corrected chi connectivity index (χ0v) is 12.1. The van der Waals surface area contributed by atoms with E-state index in [1.54, 1.807) is 0 Å². The van der Waals surface area contributed by atoms with Crippen LogP contribution in [0.4, 0.5) is 0 Å². The highest BCUT2D eigenvalue weighted by molar-refractivity contribution is 6.71. The third-order valence-corrected chi connectivity index (χ3v) is 5.65. The zero-order chi connectivity index (χ0) is 12.3. The second kappa shape index (κ2) is 5.09. The van der Waals surface area contributed by atoms with E-state index in [1.807, 2.05) is 0 Å². The lowest BCUT2D eigenvalue weighted by molar-refractivity contribution is 0.409. The van der Waals surface area contributed by atoms with E-state index in [1.165, 1.54) is 35.8 Å². The number of hydrogen-bond donors (Lipinski definition) is 0. The van der Waals surface area contributed by atoms with Crippen molar-refractivity contribution in [3.63, 3.8) is 0 Å². The topological polar surface area (TPSA) is 9.23 Å². The van der Waals surface area contributed by atoms with E-state index >= 15 is 0 Å². The molecule has 0 heterocycles. The molecule has 0 radical (unpaired) electrons. The molecule has 1 aliphatic carbocycles. The number of hydrogen-bond acceptors (Lipinski definition) is 1. The molecule has 0 fully saturated rings. The van der Waals surface area contributed by atoms with Crippen molar-refractivity contribution in [2.45, 2.75) is 45.3 Å². The third-order valence-electron chi connectivity index (χ3n) is 3.28. The van der Waals surface area contributed by atoms with Crippen LogP contribution in [0.1, 0.15) is 30.9 Å². The molecule has 0 bridgehead atoms. The van der Waals surface area contributed by atoms with Crippen molar-refractivity contribution >= 4 is 14.4 Å². The Morgan fingerprint density at radius 3 is 2.71 bits per heavy atom. The molecule has 2 heteroatoms. The van der Waals surface area contributed by atoms with Crippen LogP contribution in [0.25, 0.3) is 6.08 Å². The first kappa shape index (κ1) is 12.4. The van der Waals surface area contributed by atoms with Gasteiger partial charge in [-0.25, -0.2) is 0 Å². The van der Waals surface area contributed by atoms with Gasteiger partial charge in [0, 0.05) is 6.42 Å². The second-order valence-corrected chi connectivity index (χ2v) is 9.68. The number of allylic oxidation sites excluding steroid dienone is 1. The van der Waals surface area contributed by atoms with Crippen LogP contribution in [0.5, 0.6) is 0 Å². The molecule has 0 aromatic heterocycles. The van der Waals surface area contributed by atoms with Crippen LogP contribution < -0.4 is 0 Å².